The van der Waals surface area contributed by atoms with Crippen molar-refractivity contribution in [2.45, 2.75) is 31.9 Å². The van der Waals surface area contributed by atoms with Crippen LogP contribution in [0.2, 0.25) is 5.15 Å². The largest absolute Gasteiger partial charge is 0.439 e. The Hall–Kier alpha value is -1.27. The van der Waals surface area contributed by atoms with Crippen molar-refractivity contribution >= 4 is 17.7 Å². The van der Waals surface area contributed by atoms with Gasteiger partial charge in [-0.15, -0.1) is 0 Å². The highest BCUT2D eigenvalue weighted by atomic mass is 35.5. The molecule has 0 aliphatic carbocycles. The molecule has 1 atom stereocenters. The molecule has 3 rings (SSSR count). The van der Waals surface area contributed by atoms with Crippen LogP contribution < -0.4 is 0 Å². The number of halogens is 1. The zero-order valence-corrected chi connectivity index (χ0v) is 13.5. The van der Waals surface area contributed by atoms with Crippen LogP contribution in [0.1, 0.15) is 24.6 Å². The number of hydrogen-bond acceptors (Lipinski definition) is 4. The van der Waals surface area contributed by atoms with Crippen LogP contribution in [0.5, 0.6) is 0 Å². The number of carbonyl (C=O) groups is 1. The van der Waals surface area contributed by atoms with E-state index in [0.717, 1.165) is 43.7 Å². The third-order valence-electron chi connectivity index (χ3n) is 4.41. The number of aryl methyl sites for hydroxylation is 2. The molecule has 1 aromatic heterocycles. The molecule has 2 aliphatic heterocycles. The van der Waals surface area contributed by atoms with Gasteiger partial charge in [0.1, 0.15) is 10.8 Å². The average molecular weight is 313 g/mol. The minimum Gasteiger partial charge on any atom is -0.439 e. The first-order chi connectivity index (χ1) is 9.94. The van der Waals surface area contributed by atoms with E-state index in [9.17, 15) is 4.79 Å². The SMILES string of the molecule is CCc1nn(C)c(Cl)c1CN1CCC2(C1)CN(C)C(=O)O2. The molecule has 0 radical (unpaired) electrons. The van der Waals surface area contributed by atoms with Gasteiger partial charge in [0.15, 0.2) is 0 Å². The highest BCUT2D eigenvalue weighted by Gasteiger charge is 2.48. The molecule has 0 N–H and O–H groups in total. The third-order valence-corrected chi connectivity index (χ3v) is 4.88. The number of likely N-dealkylation sites (N-methyl/N-ethyl adjacent to an activating group) is 1. The van der Waals surface area contributed by atoms with Crippen LogP contribution in [0.4, 0.5) is 4.79 Å². The number of likely N-dealkylation sites (tertiary alicyclic amines) is 1. The maximum atomic E-state index is 11.6. The van der Waals surface area contributed by atoms with Gasteiger partial charge in [-0.1, -0.05) is 18.5 Å². The van der Waals surface area contributed by atoms with Crippen LogP contribution in [0.25, 0.3) is 0 Å². The van der Waals surface area contributed by atoms with E-state index in [-0.39, 0.29) is 11.7 Å². The Kier molecular flexibility index (Phi) is 3.61. The summed E-state index contributed by atoms with van der Waals surface area (Å²) < 4.78 is 7.30. The maximum absolute atomic E-state index is 11.6. The van der Waals surface area contributed by atoms with Crippen molar-refractivity contribution < 1.29 is 9.53 Å². The van der Waals surface area contributed by atoms with Crippen molar-refractivity contribution in [3.8, 4) is 0 Å². The molecular formula is C14H21ClN4O2. The zero-order valence-electron chi connectivity index (χ0n) is 12.7. The minimum atomic E-state index is -0.340. The van der Waals surface area contributed by atoms with Crippen molar-refractivity contribution in [3.05, 3.63) is 16.4 Å². The summed E-state index contributed by atoms with van der Waals surface area (Å²) in [5.74, 6) is 0. The molecule has 3 heterocycles. The monoisotopic (exact) mass is 312 g/mol. The first-order valence-electron chi connectivity index (χ1n) is 7.31. The van der Waals surface area contributed by atoms with E-state index >= 15 is 0 Å². The van der Waals surface area contributed by atoms with Crippen molar-refractivity contribution in [2.75, 3.05) is 26.7 Å². The standard InChI is InChI=1S/C14H21ClN4O2/c1-4-11-10(12(15)18(3)16-11)7-19-6-5-14(9-19)8-17(2)13(20)21-14/h4-9H2,1-3H3. The van der Waals surface area contributed by atoms with Crippen LogP contribution in [0, 0.1) is 0 Å². The van der Waals surface area contributed by atoms with Gasteiger partial charge >= 0.3 is 6.09 Å². The molecule has 116 valence electrons. The number of rotatable bonds is 3. The van der Waals surface area contributed by atoms with E-state index < -0.39 is 0 Å². The number of ether oxygens (including phenoxy) is 1. The highest BCUT2D eigenvalue weighted by molar-refractivity contribution is 6.30. The number of amides is 1. The summed E-state index contributed by atoms with van der Waals surface area (Å²) in [6, 6.07) is 0. The molecule has 1 spiro atoms. The Balaban J connectivity index is 1.72. The molecule has 0 saturated carbocycles. The summed E-state index contributed by atoms with van der Waals surface area (Å²) in [5, 5.41) is 5.15. The number of aromatic nitrogens is 2. The van der Waals surface area contributed by atoms with Crippen LogP contribution in [-0.2, 0) is 24.8 Å². The summed E-state index contributed by atoms with van der Waals surface area (Å²) >= 11 is 6.35. The van der Waals surface area contributed by atoms with Crippen molar-refractivity contribution in [1.82, 2.24) is 19.6 Å². The maximum Gasteiger partial charge on any atom is 0.410 e. The van der Waals surface area contributed by atoms with E-state index in [1.807, 2.05) is 7.05 Å². The van der Waals surface area contributed by atoms with Gasteiger partial charge in [-0.05, 0) is 6.42 Å². The molecular weight excluding hydrogens is 292 g/mol. The number of hydrogen-bond donors (Lipinski definition) is 0. The lowest BCUT2D eigenvalue weighted by Gasteiger charge is -2.21. The van der Waals surface area contributed by atoms with Crippen LogP contribution >= 0.6 is 11.6 Å². The lowest BCUT2D eigenvalue weighted by Crippen LogP contribution is -2.37. The molecule has 2 saturated heterocycles. The molecule has 1 aromatic rings. The molecule has 7 heteroatoms. The molecule has 21 heavy (non-hydrogen) atoms. The van der Waals surface area contributed by atoms with Gasteiger partial charge in [0.05, 0.1) is 12.2 Å². The predicted octanol–water partition coefficient (Wildman–Crippen LogP) is 1.66. The van der Waals surface area contributed by atoms with E-state index in [4.69, 9.17) is 16.3 Å². The topological polar surface area (TPSA) is 50.6 Å². The van der Waals surface area contributed by atoms with Gasteiger partial charge in [0, 0.05) is 45.7 Å². The molecule has 1 unspecified atom stereocenters. The molecule has 0 aromatic carbocycles. The van der Waals surface area contributed by atoms with Crippen LogP contribution in [0.3, 0.4) is 0 Å². The first-order valence-corrected chi connectivity index (χ1v) is 7.68. The summed E-state index contributed by atoms with van der Waals surface area (Å²) in [6.07, 6.45) is 1.53. The van der Waals surface area contributed by atoms with Crippen LogP contribution in [0.15, 0.2) is 0 Å². The molecule has 2 fully saturated rings. The Morgan fingerprint density at radius 3 is 2.76 bits per heavy atom. The summed E-state index contributed by atoms with van der Waals surface area (Å²) in [5.41, 5.74) is 1.80. The van der Waals surface area contributed by atoms with Gasteiger partial charge < -0.3 is 9.64 Å². The second-order valence-corrected chi connectivity index (χ2v) is 6.42. The van der Waals surface area contributed by atoms with Gasteiger partial charge in [0.2, 0.25) is 0 Å². The van der Waals surface area contributed by atoms with Crippen LogP contribution in [-0.4, -0.2) is 58.0 Å². The fraction of sp³-hybridized carbons (Fsp3) is 0.714. The van der Waals surface area contributed by atoms with Crippen molar-refractivity contribution in [1.29, 1.82) is 0 Å². The lowest BCUT2D eigenvalue weighted by atomic mass is 10.0. The van der Waals surface area contributed by atoms with E-state index in [0.29, 0.717) is 11.7 Å². The molecule has 2 aliphatic rings. The highest BCUT2D eigenvalue weighted by Crippen LogP contribution is 2.33. The predicted molar refractivity (Wildman–Crippen MR) is 79.3 cm³/mol. The minimum absolute atomic E-state index is 0.217. The van der Waals surface area contributed by atoms with Crippen molar-refractivity contribution in [2.24, 2.45) is 7.05 Å². The average Bonchev–Trinajstić information content (AvgIpc) is 3.04. The second kappa shape index (κ2) is 5.18. The quantitative estimate of drug-likeness (QED) is 0.852. The fourth-order valence-corrected chi connectivity index (χ4v) is 3.54. The third kappa shape index (κ3) is 2.51. The molecule has 0 bridgehead atoms. The summed E-state index contributed by atoms with van der Waals surface area (Å²) in [6.45, 7) is 5.19. The number of nitrogens with zero attached hydrogens (tertiary/aromatic N) is 4. The molecule has 1 amide bonds. The van der Waals surface area contributed by atoms with Gasteiger partial charge in [-0.2, -0.15) is 5.10 Å². The first kappa shape index (κ1) is 14.7. The zero-order chi connectivity index (χ0) is 15.2. The Bertz CT molecular complexity index is 574. The second-order valence-electron chi connectivity index (χ2n) is 6.06. The normalized spacial score (nSPS) is 26.1. The molecule has 6 nitrogen and oxygen atoms in total. The summed E-state index contributed by atoms with van der Waals surface area (Å²) in [4.78, 5) is 15.6. The van der Waals surface area contributed by atoms with Gasteiger partial charge in [-0.3, -0.25) is 9.58 Å². The lowest BCUT2D eigenvalue weighted by molar-refractivity contribution is 0.0627. The van der Waals surface area contributed by atoms with Gasteiger partial charge in [0.25, 0.3) is 0 Å². The Labute approximate surface area is 129 Å². The van der Waals surface area contributed by atoms with Gasteiger partial charge in [-0.25, -0.2) is 4.79 Å². The van der Waals surface area contributed by atoms with Crippen molar-refractivity contribution in [3.63, 3.8) is 0 Å². The Morgan fingerprint density at radius 1 is 1.38 bits per heavy atom. The summed E-state index contributed by atoms with van der Waals surface area (Å²) in [7, 11) is 3.65. The van der Waals surface area contributed by atoms with E-state index in [1.165, 1.54) is 0 Å². The van der Waals surface area contributed by atoms with E-state index in [1.54, 1.807) is 16.6 Å². The fourth-order valence-electron chi connectivity index (χ4n) is 3.33. The smallest absolute Gasteiger partial charge is 0.410 e. The Morgan fingerprint density at radius 2 is 2.14 bits per heavy atom. The van der Waals surface area contributed by atoms with E-state index in [2.05, 4.69) is 16.9 Å². The number of carbonyl (C=O) groups excluding carboxylic acids is 1.